The van der Waals surface area contributed by atoms with Gasteiger partial charge in [-0.15, -0.1) is 0 Å². The third kappa shape index (κ3) is 3.45. The van der Waals surface area contributed by atoms with Crippen molar-refractivity contribution in [2.45, 2.75) is 20.0 Å². The Morgan fingerprint density at radius 3 is 2.19 bits per heavy atom. The Morgan fingerprint density at radius 2 is 1.58 bits per heavy atom. The lowest BCUT2D eigenvalue weighted by Gasteiger charge is -2.14. The van der Waals surface area contributed by atoms with Crippen molar-refractivity contribution in [3.05, 3.63) is 77.0 Å². The quantitative estimate of drug-likeness (QED) is 0.485. The Kier molecular flexibility index (Phi) is 4.52. The highest BCUT2D eigenvalue weighted by Crippen LogP contribution is 2.37. The van der Waals surface area contributed by atoms with Gasteiger partial charge < -0.3 is 0 Å². The Hall–Kier alpha value is -2.76. The van der Waals surface area contributed by atoms with Crippen molar-refractivity contribution in [2.24, 2.45) is 0 Å². The van der Waals surface area contributed by atoms with E-state index in [0.717, 1.165) is 23.8 Å². The van der Waals surface area contributed by atoms with Crippen LogP contribution in [0, 0.1) is 25.5 Å². The first kappa shape index (κ1) is 18.0. The third-order valence-electron chi connectivity index (χ3n) is 3.97. The maximum Gasteiger partial charge on any atom is 0.416 e. The molecule has 0 bridgehead atoms. The van der Waals surface area contributed by atoms with Crippen LogP contribution in [0.1, 0.15) is 16.7 Å². The molecule has 0 aliphatic rings. The van der Waals surface area contributed by atoms with E-state index in [4.69, 9.17) is 0 Å². The molecule has 0 N–H and O–H groups in total. The number of rotatable bonds is 2. The van der Waals surface area contributed by atoms with Gasteiger partial charge >= 0.3 is 6.18 Å². The molecule has 0 fully saturated rings. The molecule has 0 saturated carbocycles. The summed E-state index contributed by atoms with van der Waals surface area (Å²) < 4.78 is 68.5. The van der Waals surface area contributed by atoms with Gasteiger partial charge in [-0.1, -0.05) is 12.1 Å². The van der Waals surface area contributed by atoms with Gasteiger partial charge in [0.1, 0.15) is 11.6 Å². The molecule has 0 amide bonds. The first-order valence-electron chi connectivity index (χ1n) is 7.77. The zero-order valence-corrected chi connectivity index (χ0v) is 14.0. The molecule has 134 valence electrons. The average Bonchev–Trinajstić information content (AvgIpc) is 2.55. The van der Waals surface area contributed by atoms with Crippen LogP contribution >= 0.6 is 0 Å². The van der Waals surface area contributed by atoms with Crippen molar-refractivity contribution in [3.8, 4) is 22.4 Å². The Labute approximate surface area is 147 Å². The lowest BCUT2D eigenvalue weighted by Crippen LogP contribution is -2.06. The second-order valence-electron chi connectivity index (χ2n) is 6.09. The smallest absolute Gasteiger partial charge is 0.256 e. The normalized spacial score (nSPS) is 11.7. The molecule has 0 aliphatic carbocycles. The molecule has 1 aromatic heterocycles. The SMILES string of the molecule is Cc1ccc(-c2ccc(F)c(-c3cc(C)cc(C(F)(F)F)c3)c2F)nc1. The maximum absolute atomic E-state index is 15.0. The Morgan fingerprint density at radius 1 is 0.846 bits per heavy atom. The van der Waals surface area contributed by atoms with Gasteiger partial charge in [-0.25, -0.2) is 8.78 Å². The predicted molar refractivity (Wildman–Crippen MR) is 89.5 cm³/mol. The summed E-state index contributed by atoms with van der Waals surface area (Å²) in [5.41, 5.74) is -0.197. The number of benzene rings is 2. The van der Waals surface area contributed by atoms with E-state index in [1.807, 2.05) is 6.92 Å². The average molecular weight is 363 g/mol. The fourth-order valence-corrected chi connectivity index (χ4v) is 2.73. The van der Waals surface area contributed by atoms with Crippen LogP contribution in [0.4, 0.5) is 22.0 Å². The van der Waals surface area contributed by atoms with Gasteiger partial charge in [0, 0.05) is 11.8 Å². The topological polar surface area (TPSA) is 12.9 Å². The van der Waals surface area contributed by atoms with Crippen LogP contribution in [0.25, 0.3) is 22.4 Å². The fraction of sp³-hybridized carbons (Fsp3) is 0.150. The van der Waals surface area contributed by atoms with E-state index in [0.29, 0.717) is 0 Å². The monoisotopic (exact) mass is 363 g/mol. The minimum Gasteiger partial charge on any atom is -0.256 e. The number of pyridine rings is 1. The number of hydrogen-bond donors (Lipinski definition) is 0. The van der Waals surface area contributed by atoms with E-state index in [1.165, 1.54) is 25.3 Å². The summed E-state index contributed by atoms with van der Waals surface area (Å²) in [4.78, 5) is 4.11. The largest absolute Gasteiger partial charge is 0.416 e. The van der Waals surface area contributed by atoms with Gasteiger partial charge in [-0.2, -0.15) is 13.2 Å². The molecule has 3 aromatic rings. The molecule has 0 atom stereocenters. The zero-order valence-electron chi connectivity index (χ0n) is 14.0. The van der Waals surface area contributed by atoms with Crippen molar-refractivity contribution >= 4 is 0 Å². The van der Waals surface area contributed by atoms with Crippen LogP contribution in [0.3, 0.4) is 0 Å². The lowest BCUT2D eigenvalue weighted by molar-refractivity contribution is -0.137. The van der Waals surface area contributed by atoms with Crippen LogP contribution in [-0.4, -0.2) is 4.98 Å². The van der Waals surface area contributed by atoms with E-state index in [1.54, 1.807) is 12.1 Å². The number of hydrogen-bond acceptors (Lipinski definition) is 1. The van der Waals surface area contributed by atoms with E-state index in [2.05, 4.69) is 4.98 Å². The molecule has 0 aliphatic heterocycles. The maximum atomic E-state index is 15.0. The molecule has 1 nitrogen and oxygen atoms in total. The van der Waals surface area contributed by atoms with E-state index in [-0.39, 0.29) is 22.4 Å². The van der Waals surface area contributed by atoms with Crippen LogP contribution < -0.4 is 0 Å². The summed E-state index contributed by atoms with van der Waals surface area (Å²) in [5.74, 6) is -1.88. The first-order chi connectivity index (χ1) is 12.2. The molecular formula is C20H14F5N. The molecule has 26 heavy (non-hydrogen) atoms. The molecular weight excluding hydrogens is 349 g/mol. The highest BCUT2D eigenvalue weighted by atomic mass is 19.4. The summed E-state index contributed by atoms with van der Waals surface area (Å²) in [5, 5.41) is 0. The molecule has 0 radical (unpaired) electrons. The number of aryl methyl sites for hydroxylation is 2. The van der Waals surface area contributed by atoms with Crippen LogP contribution in [-0.2, 0) is 6.18 Å². The number of aromatic nitrogens is 1. The molecule has 2 aromatic carbocycles. The summed E-state index contributed by atoms with van der Waals surface area (Å²) in [6, 6.07) is 8.57. The van der Waals surface area contributed by atoms with Gasteiger partial charge in [0.05, 0.1) is 16.8 Å². The van der Waals surface area contributed by atoms with Crippen LogP contribution in [0.15, 0.2) is 48.7 Å². The predicted octanol–water partition coefficient (Wildman–Crippen LogP) is 6.33. The molecule has 0 saturated heterocycles. The van der Waals surface area contributed by atoms with Crippen LogP contribution in [0.5, 0.6) is 0 Å². The van der Waals surface area contributed by atoms with Gasteiger partial charge in [0.15, 0.2) is 0 Å². The van der Waals surface area contributed by atoms with Gasteiger partial charge in [-0.3, -0.25) is 4.98 Å². The number of alkyl halides is 3. The lowest BCUT2D eigenvalue weighted by atomic mass is 9.96. The second-order valence-corrected chi connectivity index (χ2v) is 6.09. The Balaban J connectivity index is 2.22. The summed E-state index contributed by atoms with van der Waals surface area (Å²) >= 11 is 0. The Bertz CT molecular complexity index is 959. The van der Waals surface area contributed by atoms with E-state index < -0.39 is 28.9 Å². The molecule has 1 heterocycles. The van der Waals surface area contributed by atoms with Crippen molar-refractivity contribution < 1.29 is 22.0 Å². The third-order valence-corrected chi connectivity index (χ3v) is 3.97. The van der Waals surface area contributed by atoms with Crippen molar-refractivity contribution in [1.82, 2.24) is 4.98 Å². The van der Waals surface area contributed by atoms with Crippen molar-refractivity contribution in [3.63, 3.8) is 0 Å². The standard InChI is InChI=1S/C20H14F5N/c1-11-3-6-17(26-10-11)15-4-5-16(21)18(19(15)22)13-7-12(2)8-14(9-13)20(23,24)25/h3-10H,1-2H3. The van der Waals surface area contributed by atoms with E-state index in [9.17, 15) is 17.6 Å². The van der Waals surface area contributed by atoms with E-state index >= 15 is 4.39 Å². The van der Waals surface area contributed by atoms with Crippen molar-refractivity contribution in [2.75, 3.05) is 0 Å². The summed E-state index contributed by atoms with van der Waals surface area (Å²) in [6.45, 7) is 3.26. The van der Waals surface area contributed by atoms with Gasteiger partial charge in [-0.05, 0) is 60.9 Å². The number of nitrogens with zero attached hydrogens (tertiary/aromatic N) is 1. The summed E-state index contributed by atoms with van der Waals surface area (Å²) in [7, 11) is 0. The van der Waals surface area contributed by atoms with Gasteiger partial charge in [0.25, 0.3) is 0 Å². The minimum absolute atomic E-state index is 0.0245. The molecule has 0 unspecified atom stereocenters. The molecule has 3 rings (SSSR count). The fourth-order valence-electron chi connectivity index (χ4n) is 2.73. The van der Waals surface area contributed by atoms with Crippen molar-refractivity contribution in [1.29, 1.82) is 0 Å². The first-order valence-corrected chi connectivity index (χ1v) is 7.77. The van der Waals surface area contributed by atoms with Crippen LogP contribution in [0.2, 0.25) is 0 Å². The minimum atomic E-state index is -4.61. The van der Waals surface area contributed by atoms with Gasteiger partial charge in [0.2, 0.25) is 0 Å². The highest BCUT2D eigenvalue weighted by Gasteiger charge is 2.31. The molecule has 6 heteroatoms. The second kappa shape index (κ2) is 6.52. The number of halogens is 5. The highest BCUT2D eigenvalue weighted by molar-refractivity contribution is 5.74. The zero-order chi connectivity index (χ0) is 19.1. The molecule has 0 spiro atoms. The summed E-state index contributed by atoms with van der Waals surface area (Å²) in [6.07, 6.45) is -3.07.